The van der Waals surface area contributed by atoms with Gasteiger partial charge in [-0.1, -0.05) is 67.6 Å². The van der Waals surface area contributed by atoms with Crippen molar-refractivity contribution in [3.8, 4) is 0 Å². The molecule has 0 aromatic heterocycles. The highest BCUT2D eigenvalue weighted by atomic mass is 16.2. The van der Waals surface area contributed by atoms with Gasteiger partial charge in [0.2, 0.25) is 11.8 Å². The van der Waals surface area contributed by atoms with Crippen molar-refractivity contribution in [3.05, 3.63) is 71.8 Å². The predicted octanol–water partition coefficient (Wildman–Crippen LogP) is 3.81. The minimum atomic E-state index is -0.0950. The Kier molecular flexibility index (Phi) is 6.50. The van der Waals surface area contributed by atoms with Crippen LogP contribution in [0.25, 0.3) is 0 Å². The van der Waals surface area contributed by atoms with Crippen molar-refractivity contribution in [1.29, 1.82) is 0 Å². The van der Waals surface area contributed by atoms with Crippen molar-refractivity contribution in [2.24, 2.45) is 17.8 Å². The van der Waals surface area contributed by atoms with Crippen LogP contribution < -0.4 is 0 Å². The van der Waals surface area contributed by atoms with Crippen LogP contribution in [0.5, 0.6) is 0 Å². The lowest BCUT2D eigenvalue weighted by atomic mass is 9.96. The van der Waals surface area contributed by atoms with E-state index in [0.29, 0.717) is 5.92 Å². The number of hydrogen-bond donors (Lipinski definition) is 0. The highest BCUT2D eigenvalue weighted by Crippen LogP contribution is 2.42. The number of carbonyl (C=O) groups is 2. The molecule has 5 rings (SSSR count). The van der Waals surface area contributed by atoms with E-state index in [-0.39, 0.29) is 29.7 Å². The van der Waals surface area contributed by atoms with Crippen LogP contribution in [-0.4, -0.2) is 65.8 Å². The molecule has 0 N–H and O–H groups in total. The van der Waals surface area contributed by atoms with Crippen LogP contribution in [0.4, 0.5) is 0 Å². The van der Waals surface area contributed by atoms with E-state index in [1.54, 1.807) is 0 Å². The molecule has 2 aromatic rings. The number of rotatable bonds is 5. The summed E-state index contributed by atoms with van der Waals surface area (Å²) in [4.78, 5) is 32.5. The summed E-state index contributed by atoms with van der Waals surface area (Å²) in [6.07, 6.45) is 2.91. The van der Waals surface area contributed by atoms with Crippen LogP contribution in [0, 0.1) is 17.8 Å². The standard InChI is InChI=1S/C28H35N3O2/c1-21-12-14-30(15-13-21)27(32)24-20-25(24)28(33)31-18-16-29(17-19-31)26(22-8-4-2-5-9-22)23-10-6-3-7-11-23/h2-11,21,24-26H,12-20H2,1H3. The van der Waals surface area contributed by atoms with Crippen LogP contribution >= 0.6 is 0 Å². The third-order valence-corrected chi connectivity index (χ3v) is 7.74. The molecule has 2 unspecified atom stereocenters. The van der Waals surface area contributed by atoms with Gasteiger partial charge < -0.3 is 9.80 Å². The fraction of sp³-hybridized carbons (Fsp3) is 0.500. The van der Waals surface area contributed by atoms with E-state index < -0.39 is 0 Å². The number of piperazine rings is 1. The number of amides is 2. The largest absolute Gasteiger partial charge is 0.342 e. The second-order valence-electron chi connectivity index (χ2n) is 10.0. The van der Waals surface area contributed by atoms with Gasteiger partial charge >= 0.3 is 0 Å². The molecule has 3 fully saturated rings. The molecule has 2 saturated heterocycles. The molecule has 2 aliphatic heterocycles. The number of piperidine rings is 1. The van der Waals surface area contributed by atoms with Gasteiger partial charge in [0, 0.05) is 39.3 Å². The fourth-order valence-corrected chi connectivity index (χ4v) is 5.52. The van der Waals surface area contributed by atoms with Crippen LogP contribution in [0.15, 0.2) is 60.7 Å². The molecule has 5 nitrogen and oxygen atoms in total. The molecule has 2 amide bonds. The zero-order chi connectivity index (χ0) is 22.8. The Morgan fingerprint density at radius 3 is 1.64 bits per heavy atom. The van der Waals surface area contributed by atoms with Crippen molar-refractivity contribution >= 4 is 11.8 Å². The molecule has 0 radical (unpaired) electrons. The van der Waals surface area contributed by atoms with Crippen molar-refractivity contribution in [3.63, 3.8) is 0 Å². The highest BCUT2D eigenvalue weighted by Gasteiger charge is 2.51. The number of likely N-dealkylation sites (tertiary alicyclic amines) is 1. The maximum atomic E-state index is 13.2. The molecular weight excluding hydrogens is 410 g/mol. The first-order valence-corrected chi connectivity index (χ1v) is 12.5. The number of hydrogen-bond acceptors (Lipinski definition) is 3. The van der Waals surface area contributed by atoms with E-state index in [1.807, 2.05) is 9.80 Å². The first kappa shape index (κ1) is 22.1. The van der Waals surface area contributed by atoms with Gasteiger partial charge in [-0.05, 0) is 36.3 Å². The molecule has 2 atom stereocenters. The minimum absolute atomic E-state index is 0.0784. The molecular formula is C28H35N3O2. The summed E-state index contributed by atoms with van der Waals surface area (Å²) in [7, 11) is 0. The first-order valence-electron chi connectivity index (χ1n) is 12.5. The number of benzene rings is 2. The monoisotopic (exact) mass is 445 g/mol. The highest BCUT2D eigenvalue weighted by molar-refractivity contribution is 5.92. The summed E-state index contributed by atoms with van der Waals surface area (Å²) in [6, 6.07) is 21.5. The lowest BCUT2D eigenvalue weighted by molar-refractivity contribution is -0.139. The van der Waals surface area contributed by atoms with Crippen molar-refractivity contribution in [1.82, 2.24) is 14.7 Å². The van der Waals surface area contributed by atoms with E-state index in [9.17, 15) is 9.59 Å². The summed E-state index contributed by atoms with van der Waals surface area (Å²) in [5.74, 6) is 0.937. The Hall–Kier alpha value is -2.66. The molecule has 3 aliphatic rings. The van der Waals surface area contributed by atoms with Crippen molar-refractivity contribution < 1.29 is 9.59 Å². The van der Waals surface area contributed by atoms with E-state index in [0.717, 1.165) is 58.5 Å². The third-order valence-electron chi connectivity index (χ3n) is 7.74. The van der Waals surface area contributed by atoms with Crippen molar-refractivity contribution in [2.45, 2.75) is 32.2 Å². The van der Waals surface area contributed by atoms with Gasteiger partial charge in [0.1, 0.15) is 0 Å². The normalized spacial score (nSPS) is 24.2. The quantitative estimate of drug-likeness (QED) is 0.703. The topological polar surface area (TPSA) is 43.9 Å². The molecule has 2 aromatic carbocycles. The van der Waals surface area contributed by atoms with Gasteiger partial charge in [0.15, 0.2) is 0 Å². The zero-order valence-corrected chi connectivity index (χ0v) is 19.6. The summed E-state index contributed by atoms with van der Waals surface area (Å²) < 4.78 is 0. The molecule has 1 saturated carbocycles. The number of carbonyl (C=O) groups excluding carboxylic acids is 2. The summed E-state index contributed by atoms with van der Waals surface area (Å²) in [6.45, 7) is 7.12. The van der Waals surface area contributed by atoms with E-state index in [1.165, 1.54) is 11.1 Å². The summed E-state index contributed by atoms with van der Waals surface area (Å²) >= 11 is 0. The SMILES string of the molecule is CC1CCN(C(=O)C2CC2C(=O)N2CCN(C(c3ccccc3)c3ccccc3)CC2)CC1. The molecule has 0 bridgehead atoms. The lowest BCUT2D eigenvalue weighted by Crippen LogP contribution is -2.50. The second-order valence-corrected chi connectivity index (χ2v) is 10.0. The van der Waals surface area contributed by atoms with Gasteiger partial charge in [-0.15, -0.1) is 0 Å². The summed E-state index contributed by atoms with van der Waals surface area (Å²) in [5, 5.41) is 0. The van der Waals surface area contributed by atoms with Crippen LogP contribution in [-0.2, 0) is 9.59 Å². The fourth-order valence-electron chi connectivity index (χ4n) is 5.52. The Balaban J connectivity index is 1.19. The van der Waals surface area contributed by atoms with Gasteiger partial charge in [-0.2, -0.15) is 0 Å². The molecule has 5 heteroatoms. The first-order chi connectivity index (χ1) is 16.1. The third kappa shape index (κ3) is 4.84. The van der Waals surface area contributed by atoms with Gasteiger partial charge in [0.05, 0.1) is 17.9 Å². The van der Waals surface area contributed by atoms with E-state index in [2.05, 4.69) is 72.5 Å². The maximum absolute atomic E-state index is 13.2. The molecule has 33 heavy (non-hydrogen) atoms. The average Bonchev–Trinajstić information content (AvgIpc) is 3.67. The summed E-state index contributed by atoms with van der Waals surface area (Å²) in [5.41, 5.74) is 2.57. The van der Waals surface area contributed by atoms with Gasteiger partial charge in [-0.3, -0.25) is 14.5 Å². The predicted molar refractivity (Wildman–Crippen MR) is 129 cm³/mol. The maximum Gasteiger partial charge on any atom is 0.226 e. The van der Waals surface area contributed by atoms with E-state index in [4.69, 9.17) is 0 Å². The Bertz CT molecular complexity index is 908. The van der Waals surface area contributed by atoms with Crippen LogP contribution in [0.3, 0.4) is 0 Å². The van der Waals surface area contributed by atoms with Crippen molar-refractivity contribution in [2.75, 3.05) is 39.3 Å². The van der Waals surface area contributed by atoms with Gasteiger partial charge in [0.25, 0.3) is 0 Å². The van der Waals surface area contributed by atoms with Crippen LogP contribution in [0.2, 0.25) is 0 Å². The zero-order valence-electron chi connectivity index (χ0n) is 19.6. The molecule has 2 heterocycles. The number of nitrogens with zero attached hydrogens (tertiary/aromatic N) is 3. The Morgan fingerprint density at radius 1 is 0.697 bits per heavy atom. The average molecular weight is 446 g/mol. The van der Waals surface area contributed by atoms with Crippen LogP contribution in [0.1, 0.15) is 43.4 Å². The second kappa shape index (κ2) is 9.68. The molecule has 0 spiro atoms. The minimum Gasteiger partial charge on any atom is -0.342 e. The van der Waals surface area contributed by atoms with Gasteiger partial charge in [-0.25, -0.2) is 0 Å². The van der Waals surface area contributed by atoms with E-state index >= 15 is 0 Å². The lowest BCUT2D eigenvalue weighted by Gasteiger charge is -2.40. The Morgan fingerprint density at radius 2 is 1.15 bits per heavy atom. The molecule has 1 aliphatic carbocycles. The Labute approximate surface area is 197 Å². The smallest absolute Gasteiger partial charge is 0.226 e. The molecule has 174 valence electrons.